The van der Waals surface area contributed by atoms with Gasteiger partial charge in [0.2, 0.25) is 0 Å². The molecule has 0 saturated carbocycles. The molecule has 17 heavy (non-hydrogen) atoms. The lowest BCUT2D eigenvalue weighted by atomic mass is 10.5. The van der Waals surface area contributed by atoms with Crippen LogP contribution in [-0.4, -0.2) is 54.9 Å². The Labute approximate surface area is 107 Å². The molecule has 0 atom stereocenters. The quantitative estimate of drug-likeness (QED) is 0.570. The summed E-state index contributed by atoms with van der Waals surface area (Å²) in [5.74, 6) is 1.72. The molecular formula is C11H21N5S. The topological polar surface area (TPSA) is 53.1 Å². The largest absolute Gasteiger partial charge is 0.373 e. The van der Waals surface area contributed by atoms with Gasteiger partial charge in [-0.15, -0.1) is 0 Å². The Hall–Kier alpha value is -1.01. The molecule has 6 heteroatoms. The van der Waals surface area contributed by atoms with Gasteiger partial charge in [-0.1, -0.05) is 18.7 Å². The summed E-state index contributed by atoms with van der Waals surface area (Å²) in [6.07, 6.45) is 1.98. The van der Waals surface area contributed by atoms with Crippen molar-refractivity contribution in [2.75, 3.05) is 50.6 Å². The second-order valence-corrected chi connectivity index (χ2v) is 4.47. The zero-order chi connectivity index (χ0) is 12.7. The summed E-state index contributed by atoms with van der Waals surface area (Å²) in [6.45, 7) is 5.10. The fourth-order valence-corrected chi connectivity index (χ4v) is 1.65. The summed E-state index contributed by atoms with van der Waals surface area (Å²) in [6, 6.07) is 1.92. The SMILES string of the molecule is CCN(C)CCNc1cc(NC)nc(SC)n1. The molecule has 0 aliphatic heterocycles. The van der Waals surface area contributed by atoms with Crippen molar-refractivity contribution in [1.82, 2.24) is 14.9 Å². The standard InChI is InChI=1S/C11H21N5S/c1-5-16(3)7-6-13-10-8-9(12-2)14-11(15-10)17-4/h8H,5-7H2,1-4H3,(H2,12,13,14,15). The van der Waals surface area contributed by atoms with Crippen molar-refractivity contribution in [3.8, 4) is 0 Å². The van der Waals surface area contributed by atoms with Crippen LogP contribution in [0, 0.1) is 0 Å². The number of nitrogens with one attached hydrogen (secondary N) is 2. The number of nitrogens with zero attached hydrogens (tertiary/aromatic N) is 3. The highest BCUT2D eigenvalue weighted by Gasteiger charge is 2.02. The molecule has 0 aliphatic rings. The molecule has 1 aromatic rings. The number of anilines is 2. The maximum absolute atomic E-state index is 4.40. The van der Waals surface area contributed by atoms with Gasteiger partial charge in [0.05, 0.1) is 0 Å². The van der Waals surface area contributed by atoms with Crippen molar-refractivity contribution < 1.29 is 0 Å². The predicted octanol–water partition coefficient (Wildman–Crippen LogP) is 1.60. The number of hydrogen-bond acceptors (Lipinski definition) is 6. The summed E-state index contributed by atoms with van der Waals surface area (Å²) in [4.78, 5) is 11.0. The first-order valence-electron chi connectivity index (χ1n) is 5.72. The third-order valence-corrected chi connectivity index (χ3v) is 3.03. The summed E-state index contributed by atoms with van der Waals surface area (Å²) >= 11 is 1.54. The molecule has 2 N–H and O–H groups in total. The molecule has 0 fully saturated rings. The molecule has 0 bridgehead atoms. The molecule has 0 amide bonds. The number of likely N-dealkylation sites (N-methyl/N-ethyl adjacent to an activating group) is 1. The molecule has 0 saturated heterocycles. The van der Waals surface area contributed by atoms with E-state index in [0.29, 0.717) is 0 Å². The normalized spacial score (nSPS) is 10.6. The minimum absolute atomic E-state index is 0.781. The monoisotopic (exact) mass is 255 g/mol. The van der Waals surface area contributed by atoms with Crippen LogP contribution in [0.1, 0.15) is 6.92 Å². The lowest BCUT2D eigenvalue weighted by molar-refractivity contribution is 0.367. The Morgan fingerprint density at radius 1 is 1.35 bits per heavy atom. The van der Waals surface area contributed by atoms with Crippen LogP contribution < -0.4 is 10.6 Å². The number of rotatable bonds is 7. The van der Waals surface area contributed by atoms with Crippen LogP contribution in [0.2, 0.25) is 0 Å². The van der Waals surface area contributed by atoms with Crippen molar-refractivity contribution in [3.05, 3.63) is 6.07 Å². The fraction of sp³-hybridized carbons (Fsp3) is 0.636. The molecule has 96 valence electrons. The van der Waals surface area contributed by atoms with Gasteiger partial charge in [-0.05, 0) is 19.8 Å². The molecule has 5 nitrogen and oxygen atoms in total. The van der Waals surface area contributed by atoms with Crippen LogP contribution in [0.5, 0.6) is 0 Å². The molecule has 0 spiro atoms. The minimum Gasteiger partial charge on any atom is -0.373 e. The Morgan fingerprint density at radius 2 is 2.06 bits per heavy atom. The third kappa shape index (κ3) is 4.79. The first-order valence-corrected chi connectivity index (χ1v) is 6.95. The van der Waals surface area contributed by atoms with Gasteiger partial charge in [0.1, 0.15) is 11.6 Å². The highest BCUT2D eigenvalue weighted by molar-refractivity contribution is 7.98. The first kappa shape index (κ1) is 14.1. The summed E-state index contributed by atoms with van der Waals surface area (Å²) in [5.41, 5.74) is 0. The number of thioether (sulfide) groups is 1. The Kier molecular flexibility index (Phi) is 6.07. The van der Waals surface area contributed by atoms with Crippen LogP contribution in [0.15, 0.2) is 11.2 Å². The zero-order valence-corrected chi connectivity index (χ0v) is 11.8. The van der Waals surface area contributed by atoms with E-state index in [1.807, 2.05) is 19.4 Å². The maximum atomic E-state index is 4.40. The van der Waals surface area contributed by atoms with Gasteiger partial charge in [0.25, 0.3) is 0 Å². The van der Waals surface area contributed by atoms with Crippen molar-refractivity contribution in [1.29, 1.82) is 0 Å². The molecule has 1 aromatic heterocycles. The summed E-state index contributed by atoms with van der Waals surface area (Å²) < 4.78 is 0. The van der Waals surface area contributed by atoms with E-state index in [9.17, 15) is 0 Å². The minimum atomic E-state index is 0.781. The number of hydrogen-bond donors (Lipinski definition) is 2. The van der Waals surface area contributed by atoms with E-state index < -0.39 is 0 Å². The summed E-state index contributed by atoms with van der Waals surface area (Å²) in [5, 5.41) is 7.13. The Bertz CT molecular complexity index is 322. The average molecular weight is 255 g/mol. The molecule has 0 aliphatic carbocycles. The van der Waals surface area contributed by atoms with Gasteiger partial charge in [0, 0.05) is 26.2 Å². The molecule has 0 radical (unpaired) electrons. The Balaban J connectivity index is 2.57. The van der Waals surface area contributed by atoms with Crippen LogP contribution >= 0.6 is 11.8 Å². The van der Waals surface area contributed by atoms with Crippen molar-refractivity contribution in [3.63, 3.8) is 0 Å². The van der Waals surface area contributed by atoms with Crippen LogP contribution in [-0.2, 0) is 0 Å². The summed E-state index contributed by atoms with van der Waals surface area (Å²) in [7, 11) is 3.97. The third-order valence-electron chi connectivity index (χ3n) is 2.48. The first-order chi connectivity index (χ1) is 8.19. The Morgan fingerprint density at radius 3 is 2.65 bits per heavy atom. The van der Waals surface area contributed by atoms with Crippen molar-refractivity contribution in [2.45, 2.75) is 12.1 Å². The molecule has 1 heterocycles. The molecule has 0 unspecified atom stereocenters. The second-order valence-electron chi connectivity index (χ2n) is 3.70. The fourth-order valence-electron chi connectivity index (χ4n) is 1.27. The van der Waals surface area contributed by atoms with Crippen LogP contribution in [0.25, 0.3) is 0 Å². The van der Waals surface area contributed by atoms with E-state index >= 15 is 0 Å². The maximum Gasteiger partial charge on any atom is 0.191 e. The second kappa shape index (κ2) is 7.34. The highest BCUT2D eigenvalue weighted by atomic mass is 32.2. The van der Waals surface area contributed by atoms with E-state index in [2.05, 4.69) is 39.5 Å². The predicted molar refractivity (Wildman–Crippen MR) is 75.0 cm³/mol. The van der Waals surface area contributed by atoms with Crippen LogP contribution in [0.3, 0.4) is 0 Å². The van der Waals surface area contributed by atoms with E-state index in [-0.39, 0.29) is 0 Å². The zero-order valence-electron chi connectivity index (χ0n) is 10.9. The molecule has 1 rings (SSSR count). The van der Waals surface area contributed by atoms with E-state index in [1.165, 1.54) is 0 Å². The lowest BCUT2D eigenvalue weighted by Crippen LogP contribution is -2.25. The average Bonchev–Trinajstić information content (AvgIpc) is 2.37. The van der Waals surface area contributed by atoms with Gasteiger partial charge < -0.3 is 15.5 Å². The molecule has 0 aromatic carbocycles. The van der Waals surface area contributed by atoms with Gasteiger partial charge >= 0.3 is 0 Å². The van der Waals surface area contributed by atoms with E-state index in [0.717, 1.165) is 36.4 Å². The molecular weight excluding hydrogens is 234 g/mol. The van der Waals surface area contributed by atoms with E-state index in [1.54, 1.807) is 11.8 Å². The van der Waals surface area contributed by atoms with Gasteiger partial charge in [-0.25, -0.2) is 9.97 Å². The lowest BCUT2D eigenvalue weighted by Gasteiger charge is -2.14. The van der Waals surface area contributed by atoms with Crippen LogP contribution in [0.4, 0.5) is 11.6 Å². The smallest absolute Gasteiger partial charge is 0.191 e. The van der Waals surface area contributed by atoms with Gasteiger partial charge in [0.15, 0.2) is 5.16 Å². The van der Waals surface area contributed by atoms with E-state index in [4.69, 9.17) is 0 Å². The van der Waals surface area contributed by atoms with Gasteiger partial charge in [-0.3, -0.25) is 0 Å². The number of aromatic nitrogens is 2. The van der Waals surface area contributed by atoms with Crippen molar-refractivity contribution in [2.24, 2.45) is 0 Å². The van der Waals surface area contributed by atoms with Gasteiger partial charge in [-0.2, -0.15) is 0 Å². The highest BCUT2D eigenvalue weighted by Crippen LogP contribution is 2.16. The van der Waals surface area contributed by atoms with Crippen molar-refractivity contribution >= 4 is 23.4 Å².